The number of nitro benzene ring substituents is 1. The van der Waals surface area contributed by atoms with E-state index in [0.29, 0.717) is 10.6 Å². The largest absolute Gasteiger partial charge is 0.451 e. The third-order valence-electron chi connectivity index (χ3n) is 4.22. The molecule has 3 aromatic rings. The van der Waals surface area contributed by atoms with Crippen LogP contribution in [0.25, 0.3) is 11.5 Å². The van der Waals surface area contributed by atoms with Crippen molar-refractivity contribution in [3.8, 4) is 11.5 Å². The zero-order chi connectivity index (χ0) is 23.5. The molecule has 0 saturated heterocycles. The number of carbonyl (C=O) groups is 1. The molecule has 1 heterocycles. The van der Waals surface area contributed by atoms with Crippen LogP contribution in [-0.4, -0.2) is 35.5 Å². The predicted molar refractivity (Wildman–Crippen MR) is 112 cm³/mol. The molecule has 0 aliphatic carbocycles. The number of halogens is 1. The minimum absolute atomic E-state index is 0.0283. The number of nitrogens with one attached hydrogen (secondary N) is 1. The second-order valence-electron chi connectivity index (χ2n) is 6.63. The van der Waals surface area contributed by atoms with Gasteiger partial charge in [0.25, 0.3) is 11.6 Å². The van der Waals surface area contributed by atoms with Crippen molar-refractivity contribution in [2.45, 2.75) is 30.9 Å². The maximum atomic E-state index is 12.4. The van der Waals surface area contributed by atoms with Gasteiger partial charge in [0.1, 0.15) is 6.04 Å². The van der Waals surface area contributed by atoms with Crippen molar-refractivity contribution >= 4 is 33.3 Å². The summed E-state index contributed by atoms with van der Waals surface area (Å²) in [6, 6.07) is 9.72. The van der Waals surface area contributed by atoms with Gasteiger partial charge >= 0.3 is 5.97 Å². The highest BCUT2D eigenvalue weighted by atomic mass is 35.5. The van der Waals surface area contributed by atoms with E-state index < -0.39 is 33.1 Å². The topological polar surface area (TPSA) is 155 Å². The van der Waals surface area contributed by atoms with Crippen molar-refractivity contribution in [1.29, 1.82) is 0 Å². The number of carbonyl (C=O) groups excluding carboxylic acids is 1. The number of hydrogen-bond acceptors (Lipinski definition) is 9. The first-order valence-corrected chi connectivity index (χ1v) is 11.0. The molecule has 13 heteroatoms. The van der Waals surface area contributed by atoms with Gasteiger partial charge in [0.2, 0.25) is 15.9 Å². The van der Waals surface area contributed by atoms with E-state index in [1.165, 1.54) is 62.4 Å². The lowest BCUT2D eigenvalue weighted by molar-refractivity contribution is -0.384. The van der Waals surface area contributed by atoms with Crippen LogP contribution >= 0.6 is 11.6 Å². The van der Waals surface area contributed by atoms with Crippen LogP contribution in [0.15, 0.2) is 57.8 Å². The van der Waals surface area contributed by atoms with Gasteiger partial charge in [-0.1, -0.05) is 11.6 Å². The summed E-state index contributed by atoms with van der Waals surface area (Å²) in [4.78, 5) is 22.5. The molecule has 0 bridgehead atoms. The second-order valence-corrected chi connectivity index (χ2v) is 8.78. The fourth-order valence-corrected chi connectivity index (χ4v) is 3.85. The number of sulfonamides is 1. The van der Waals surface area contributed by atoms with Crippen LogP contribution in [0.3, 0.4) is 0 Å². The van der Waals surface area contributed by atoms with Crippen LogP contribution < -0.4 is 4.72 Å². The fraction of sp³-hybridized carbons (Fsp3) is 0.211. The van der Waals surface area contributed by atoms with E-state index in [2.05, 4.69) is 14.9 Å². The quantitative estimate of drug-likeness (QED) is 0.290. The third kappa shape index (κ3) is 5.46. The summed E-state index contributed by atoms with van der Waals surface area (Å²) < 4.78 is 37.7. The monoisotopic (exact) mass is 480 g/mol. The molecule has 0 amide bonds. The van der Waals surface area contributed by atoms with Crippen molar-refractivity contribution in [1.82, 2.24) is 14.9 Å². The Hall–Kier alpha value is -3.35. The first-order valence-electron chi connectivity index (χ1n) is 9.13. The van der Waals surface area contributed by atoms with Crippen LogP contribution in [0, 0.1) is 10.1 Å². The lowest BCUT2D eigenvalue weighted by atomic mass is 10.2. The summed E-state index contributed by atoms with van der Waals surface area (Å²) in [6.07, 6.45) is -0.968. The van der Waals surface area contributed by atoms with Gasteiger partial charge in [-0.3, -0.25) is 14.9 Å². The molecule has 1 aromatic heterocycles. The predicted octanol–water partition coefficient (Wildman–Crippen LogP) is 3.27. The highest BCUT2D eigenvalue weighted by Gasteiger charge is 2.26. The number of benzene rings is 2. The maximum absolute atomic E-state index is 12.4. The standard InChI is InChI=1S/C19H17ClN4O7S/c1-11(23-32(28,29)16-9-5-14(20)6-10-16)19(25)30-12(2)17-21-22-18(31-17)13-3-7-15(8-4-13)24(26)27/h3-12,23H,1-2H3/t11-,12?/m0/s1. The molecular formula is C19H17ClN4O7S. The third-order valence-corrected chi connectivity index (χ3v) is 6.02. The highest BCUT2D eigenvalue weighted by Crippen LogP contribution is 2.24. The lowest BCUT2D eigenvalue weighted by Crippen LogP contribution is -2.39. The Bertz CT molecular complexity index is 1230. The van der Waals surface area contributed by atoms with Gasteiger partial charge in [0.15, 0.2) is 6.10 Å². The van der Waals surface area contributed by atoms with E-state index in [4.69, 9.17) is 20.8 Å². The Morgan fingerprint density at radius 1 is 1.12 bits per heavy atom. The highest BCUT2D eigenvalue weighted by molar-refractivity contribution is 7.89. The minimum Gasteiger partial charge on any atom is -0.451 e. The average molecular weight is 481 g/mol. The summed E-state index contributed by atoms with van der Waals surface area (Å²) in [7, 11) is -3.97. The van der Waals surface area contributed by atoms with E-state index in [9.17, 15) is 23.3 Å². The van der Waals surface area contributed by atoms with Gasteiger partial charge in [0, 0.05) is 22.7 Å². The Kier molecular flexibility index (Phi) is 6.87. The number of ether oxygens (including phenoxy) is 1. The van der Waals surface area contributed by atoms with Gasteiger partial charge in [-0.05, 0) is 50.2 Å². The summed E-state index contributed by atoms with van der Waals surface area (Å²) in [5.41, 5.74) is 0.350. The van der Waals surface area contributed by atoms with E-state index in [1.54, 1.807) is 0 Å². The summed E-state index contributed by atoms with van der Waals surface area (Å²) in [6.45, 7) is 2.81. The minimum atomic E-state index is -3.97. The van der Waals surface area contributed by atoms with Crippen LogP contribution in [0.1, 0.15) is 25.8 Å². The Morgan fingerprint density at radius 2 is 1.75 bits per heavy atom. The Balaban J connectivity index is 1.64. The zero-order valence-corrected chi connectivity index (χ0v) is 18.3. The Morgan fingerprint density at radius 3 is 2.34 bits per heavy atom. The Labute approximate surface area is 187 Å². The van der Waals surface area contributed by atoms with Crippen LogP contribution in [0.4, 0.5) is 5.69 Å². The SMILES string of the molecule is CC(OC(=O)[C@H](C)NS(=O)(=O)c1ccc(Cl)cc1)c1nnc(-c2ccc([N+](=O)[O-])cc2)o1. The summed E-state index contributed by atoms with van der Waals surface area (Å²) >= 11 is 5.76. The molecule has 11 nitrogen and oxygen atoms in total. The molecule has 0 aliphatic heterocycles. The average Bonchev–Trinajstić information content (AvgIpc) is 3.24. The van der Waals surface area contributed by atoms with Crippen molar-refractivity contribution in [2.24, 2.45) is 0 Å². The molecule has 168 valence electrons. The maximum Gasteiger partial charge on any atom is 0.324 e. The summed E-state index contributed by atoms with van der Waals surface area (Å²) in [5.74, 6) is -0.807. The number of nitro groups is 1. The number of hydrogen-bond donors (Lipinski definition) is 1. The molecule has 1 unspecified atom stereocenters. The second kappa shape index (κ2) is 9.42. The molecule has 0 saturated carbocycles. The molecule has 0 spiro atoms. The van der Waals surface area contributed by atoms with Crippen molar-refractivity contribution in [2.75, 3.05) is 0 Å². The van der Waals surface area contributed by atoms with E-state index in [1.807, 2.05) is 0 Å². The lowest BCUT2D eigenvalue weighted by Gasteiger charge is -2.16. The molecular weight excluding hydrogens is 464 g/mol. The van der Waals surface area contributed by atoms with Crippen molar-refractivity contribution < 1.29 is 27.3 Å². The van der Waals surface area contributed by atoms with Gasteiger partial charge in [-0.15, -0.1) is 10.2 Å². The van der Waals surface area contributed by atoms with E-state index in [0.717, 1.165) is 0 Å². The van der Waals surface area contributed by atoms with Gasteiger partial charge < -0.3 is 9.15 Å². The van der Waals surface area contributed by atoms with Crippen molar-refractivity contribution in [3.05, 3.63) is 69.6 Å². The normalized spacial score (nSPS) is 13.3. The molecule has 32 heavy (non-hydrogen) atoms. The molecule has 1 N–H and O–H groups in total. The van der Waals surface area contributed by atoms with Gasteiger partial charge in [-0.2, -0.15) is 4.72 Å². The van der Waals surface area contributed by atoms with Crippen LogP contribution in [0.2, 0.25) is 5.02 Å². The fourth-order valence-electron chi connectivity index (χ4n) is 2.53. The molecule has 0 fully saturated rings. The molecule has 2 aromatic carbocycles. The number of non-ortho nitro benzene ring substituents is 1. The first-order chi connectivity index (χ1) is 15.1. The smallest absolute Gasteiger partial charge is 0.324 e. The molecule has 3 rings (SSSR count). The number of aromatic nitrogens is 2. The first kappa shape index (κ1) is 23.3. The van der Waals surface area contributed by atoms with E-state index >= 15 is 0 Å². The van der Waals surface area contributed by atoms with Gasteiger partial charge in [-0.25, -0.2) is 8.42 Å². The number of nitrogens with zero attached hydrogens (tertiary/aromatic N) is 3. The molecule has 0 aliphatic rings. The van der Waals surface area contributed by atoms with Crippen LogP contribution in [0.5, 0.6) is 0 Å². The van der Waals surface area contributed by atoms with Crippen LogP contribution in [-0.2, 0) is 19.6 Å². The number of esters is 1. The molecule has 2 atom stereocenters. The van der Waals surface area contributed by atoms with E-state index in [-0.39, 0.29) is 22.4 Å². The molecule has 0 radical (unpaired) electrons. The van der Waals surface area contributed by atoms with Crippen molar-refractivity contribution in [3.63, 3.8) is 0 Å². The zero-order valence-electron chi connectivity index (χ0n) is 16.8. The number of rotatable bonds is 8. The van der Waals surface area contributed by atoms with Gasteiger partial charge in [0.05, 0.1) is 9.82 Å². The summed E-state index contributed by atoms with van der Waals surface area (Å²) in [5, 5.41) is 18.8.